The van der Waals surface area contributed by atoms with Crippen LogP contribution in [0.15, 0.2) is 24.3 Å². The van der Waals surface area contributed by atoms with Crippen LogP contribution in [0.1, 0.15) is 31.9 Å². The Morgan fingerprint density at radius 3 is 2.25 bits per heavy atom. The molecule has 0 saturated carbocycles. The van der Waals surface area contributed by atoms with Gasteiger partial charge in [-0.05, 0) is 17.5 Å². The Labute approximate surface area is 98.1 Å². The number of ketones is 1. The summed E-state index contributed by atoms with van der Waals surface area (Å²) in [6, 6.07) is 8.65. The average molecular weight is 219 g/mol. The zero-order chi connectivity index (χ0) is 12.0. The predicted octanol–water partition coefficient (Wildman–Crippen LogP) is 2.36. The Hall–Kier alpha value is -1.15. The van der Waals surface area contributed by atoms with Gasteiger partial charge in [0.15, 0.2) is 5.78 Å². The maximum Gasteiger partial charge on any atom is 0.150 e. The third-order valence-corrected chi connectivity index (χ3v) is 2.54. The smallest absolute Gasteiger partial charge is 0.150 e. The predicted molar refractivity (Wildman–Crippen MR) is 67.7 cm³/mol. The summed E-state index contributed by atoms with van der Waals surface area (Å²) in [6.07, 6.45) is 1.58. The van der Waals surface area contributed by atoms with Crippen molar-refractivity contribution in [1.82, 2.24) is 5.32 Å². The molecular formula is C14H21NO. The van der Waals surface area contributed by atoms with Crippen LogP contribution in [0, 0.1) is 0 Å². The lowest BCUT2D eigenvalue weighted by Crippen LogP contribution is -2.29. The molecule has 2 nitrogen and oxygen atoms in total. The molecule has 0 fully saturated rings. The van der Waals surface area contributed by atoms with Crippen LogP contribution in [0.3, 0.4) is 0 Å². The van der Waals surface area contributed by atoms with E-state index in [0.717, 1.165) is 12.0 Å². The normalized spacial score (nSPS) is 10.8. The minimum atomic E-state index is 0.248. The van der Waals surface area contributed by atoms with Gasteiger partial charge in [-0.2, -0.15) is 0 Å². The van der Waals surface area contributed by atoms with Crippen LogP contribution in [0.4, 0.5) is 0 Å². The highest BCUT2D eigenvalue weighted by atomic mass is 16.1. The van der Waals surface area contributed by atoms with Crippen molar-refractivity contribution in [3.05, 3.63) is 35.4 Å². The molecule has 0 aliphatic rings. The molecule has 1 rings (SSSR count). The Bertz CT molecular complexity index is 327. The second kappa shape index (κ2) is 6.44. The number of rotatable bonds is 6. The van der Waals surface area contributed by atoms with E-state index < -0.39 is 0 Å². The maximum atomic E-state index is 11.6. The van der Waals surface area contributed by atoms with Gasteiger partial charge < -0.3 is 5.32 Å². The molecule has 1 N–H and O–H groups in total. The molecule has 2 heteroatoms. The SMILES string of the molecule is CCc1ccc(CC(=O)CNC(C)C)cc1. The molecule has 0 aliphatic carbocycles. The van der Waals surface area contributed by atoms with Gasteiger partial charge in [-0.1, -0.05) is 45.0 Å². The van der Waals surface area contributed by atoms with Gasteiger partial charge in [0.2, 0.25) is 0 Å². The third-order valence-electron chi connectivity index (χ3n) is 2.54. The Balaban J connectivity index is 2.43. The van der Waals surface area contributed by atoms with Gasteiger partial charge in [-0.3, -0.25) is 4.79 Å². The largest absolute Gasteiger partial charge is 0.308 e. The van der Waals surface area contributed by atoms with Gasteiger partial charge in [0, 0.05) is 12.5 Å². The lowest BCUT2D eigenvalue weighted by molar-refractivity contribution is -0.117. The molecule has 0 atom stereocenters. The standard InChI is InChI=1S/C14H21NO/c1-4-12-5-7-13(8-6-12)9-14(16)10-15-11(2)3/h5-8,11,15H,4,9-10H2,1-3H3. The molecule has 88 valence electrons. The third kappa shape index (κ3) is 4.58. The summed E-state index contributed by atoms with van der Waals surface area (Å²) in [7, 11) is 0. The summed E-state index contributed by atoms with van der Waals surface area (Å²) in [5, 5.41) is 3.14. The highest BCUT2D eigenvalue weighted by molar-refractivity contribution is 5.82. The number of benzene rings is 1. The number of hydrogen-bond acceptors (Lipinski definition) is 2. The molecule has 0 saturated heterocycles. The van der Waals surface area contributed by atoms with E-state index in [4.69, 9.17) is 0 Å². The summed E-state index contributed by atoms with van der Waals surface area (Å²) in [6.45, 7) is 6.69. The first-order valence-electron chi connectivity index (χ1n) is 5.94. The number of aryl methyl sites for hydroxylation is 1. The minimum absolute atomic E-state index is 0.248. The highest BCUT2D eigenvalue weighted by Crippen LogP contribution is 2.05. The zero-order valence-corrected chi connectivity index (χ0v) is 10.4. The van der Waals surface area contributed by atoms with E-state index in [1.807, 2.05) is 26.0 Å². The van der Waals surface area contributed by atoms with E-state index in [1.165, 1.54) is 5.56 Å². The van der Waals surface area contributed by atoms with Crippen LogP contribution in [0.25, 0.3) is 0 Å². The molecule has 1 aromatic rings. The second-order valence-electron chi connectivity index (χ2n) is 4.42. The van der Waals surface area contributed by atoms with Crippen LogP contribution in [-0.2, 0) is 17.6 Å². The number of hydrogen-bond donors (Lipinski definition) is 1. The summed E-state index contributed by atoms with van der Waals surface area (Å²) < 4.78 is 0. The summed E-state index contributed by atoms with van der Waals surface area (Å²) in [5.41, 5.74) is 2.42. The second-order valence-corrected chi connectivity index (χ2v) is 4.42. The zero-order valence-electron chi connectivity index (χ0n) is 10.4. The van der Waals surface area contributed by atoms with Crippen molar-refractivity contribution in [1.29, 1.82) is 0 Å². The first-order chi connectivity index (χ1) is 7.61. The van der Waals surface area contributed by atoms with E-state index in [-0.39, 0.29) is 5.78 Å². The quantitative estimate of drug-likeness (QED) is 0.795. The van der Waals surface area contributed by atoms with E-state index >= 15 is 0 Å². The van der Waals surface area contributed by atoms with Gasteiger partial charge in [0.05, 0.1) is 6.54 Å². The number of carbonyl (C=O) groups is 1. The van der Waals surface area contributed by atoms with Crippen LogP contribution in [0.2, 0.25) is 0 Å². The summed E-state index contributed by atoms with van der Waals surface area (Å²) in [4.78, 5) is 11.6. The van der Waals surface area contributed by atoms with Crippen molar-refractivity contribution in [2.45, 2.75) is 39.7 Å². The number of carbonyl (C=O) groups excluding carboxylic acids is 1. The van der Waals surface area contributed by atoms with E-state index in [9.17, 15) is 4.79 Å². The van der Waals surface area contributed by atoms with Gasteiger partial charge in [-0.15, -0.1) is 0 Å². The molecule has 0 amide bonds. The first-order valence-corrected chi connectivity index (χ1v) is 5.94. The molecule has 0 radical (unpaired) electrons. The van der Waals surface area contributed by atoms with Crippen molar-refractivity contribution in [3.8, 4) is 0 Å². The minimum Gasteiger partial charge on any atom is -0.308 e. The van der Waals surface area contributed by atoms with Gasteiger partial charge in [-0.25, -0.2) is 0 Å². The van der Waals surface area contributed by atoms with Crippen molar-refractivity contribution in [2.75, 3.05) is 6.54 Å². The van der Waals surface area contributed by atoms with Crippen LogP contribution >= 0.6 is 0 Å². The fourth-order valence-corrected chi connectivity index (χ4v) is 1.50. The monoisotopic (exact) mass is 219 g/mol. The van der Waals surface area contributed by atoms with Crippen molar-refractivity contribution < 1.29 is 4.79 Å². The average Bonchev–Trinajstić information content (AvgIpc) is 2.27. The molecule has 0 aromatic heterocycles. The van der Waals surface area contributed by atoms with E-state index in [0.29, 0.717) is 19.0 Å². The van der Waals surface area contributed by atoms with Crippen LogP contribution in [0.5, 0.6) is 0 Å². The van der Waals surface area contributed by atoms with Crippen molar-refractivity contribution >= 4 is 5.78 Å². The Kier molecular flexibility index (Phi) is 5.20. The Morgan fingerprint density at radius 1 is 1.19 bits per heavy atom. The highest BCUT2D eigenvalue weighted by Gasteiger charge is 2.04. The van der Waals surface area contributed by atoms with Gasteiger partial charge in [0.1, 0.15) is 0 Å². The fraction of sp³-hybridized carbons (Fsp3) is 0.500. The van der Waals surface area contributed by atoms with E-state index in [2.05, 4.69) is 24.4 Å². The van der Waals surface area contributed by atoms with Gasteiger partial charge in [0.25, 0.3) is 0 Å². The molecule has 0 aliphatic heterocycles. The maximum absolute atomic E-state index is 11.6. The molecule has 16 heavy (non-hydrogen) atoms. The van der Waals surface area contributed by atoms with Crippen LogP contribution in [-0.4, -0.2) is 18.4 Å². The molecule has 0 bridgehead atoms. The first kappa shape index (κ1) is 12.9. The molecule has 0 unspecified atom stereocenters. The molecular weight excluding hydrogens is 198 g/mol. The van der Waals surface area contributed by atoms with Crippen LogP contribution < -0.4 is 5.32 Å². The van der Waals surface area contributed by atoms with Crippen molar-refractivity contribution in [2.24, 2.45) is 0 Å². The lowest BCUT2D eigenvalue weighted by Gasteiger charge is -2.07. The summed E-state index contributed by atoms with van der Waals surface area (Å²) in [5.74, 6) is 0.248. The number of Topliss-reactive ketones (excluding diaryl/α,β-unsaturated/α-hetero) is 1. The lowest BCUT2D eigenvalue weighted by atomic mass is 10.1. The van der Waals surface area contributed by atoms with Crippen molar-refractivity contribution in [3.63, 3.8) is 0 Å². The Morgan fingerprint density at radius 2 is 1.75 bits per heavy atom. The number of nitrogens with one attached hydrogen (secondary N) is 1. The van der Waals surface area contributed by atoms with E-state index in [1.54, 1.807) is 0 Å². The molecule has 0 spiro atoms. The molecule has 0 heterocycles. The topological polar surface area (TPSA) is 29.1 Å². The fourth-order valence-electron chi connectivity index (χ4n) is 1.50. The molecule has 1 aromatic carbocycles. The summed E-state index contributed by atoms with van der Waals surface area (Å²) >= 11 is 0. The van der Waals surface area contributed by atoms with Gasteiger partial charge >= 0.3 is 0 Å².